The largest absolute Gasteiger partial charge is 0.478 e. The van der Waals surface area contributed by atoms with Crippen molar-refractivity contribution in [2.24, 2.45) is 11.5 Å². The molecule has 49 heavy (non-hydrogen) atoms. The number of hydrogen-bond acceptors (Lipinski definition) is 18. The number of carbonyl (C=O) groups excluding carboxylic acids is 1. The number of nitrogens with one attached hydrogen (secondary N) is 1. The number of anilines is 1. The standard InChI is InChI=1S/C22H41N3O14.C7H7NO2/c1-7(29)25-13-16(32)19(10(6-28)37-22(13)34-3)39-21-12(24)15(31)18(9(5-27)36-21)38-20-11(23)14(30)17(33-2)8(4-26)35-20;8-6-3-1-5(2-4-6)7(9)10/h8-22,26-28,30-32H,4-6,23-24H2,1-3H3,(H,25,29);1-4H,8H2,(H,9,10)/t8?,9?,10?,11?,12?,13?,14?,15-,16?,17?,18?,19?,20+,21?,22-;/m1./s1. The molecule has 0 aliphatic carbocycles. The van der Waals surface area contributed by atoms with Crippen molar-refractivity contribution < 1.29 is 78.5 Å². The second-order valence-electron chi connectivity index (χ2n) is 11.6. The van der Waals surface area contributed by atoms with Gasteiger partial charge < -0.3 is 91.4 Å². The molecule has 3 saturated heterocycles. The van der Waals surface area contributed by atoms with Crippen LogP contribution in [0.1, 0.15) is 17.3 Å². The zero-order valence-electron chi connectivity index (χ0n) is 27.1. The topological polar surface area (TPSA) is 330 Å². The van der Waals surface area contributed by atoms with E-state index in [0.717, 1.165) is 0 Å². The maximum absolute atomic E-state index is 11.7. The number of carbonyl (C=O) groups is 2. The molecule has 1 aromatic carbocycles. The number of methoxy groups -OCH3 is 2. The number of aromatic carboxylic acids is 1. The molecular weight excluding hydrogens is 660 g/mol. The fourth-order valence-corrected chi connectivity index (χ4v) is 5.64. The number of carboxylic acid groups (broad SMARTS) is 1. The van der Waals surface area contributed by atoms with Crippen LogP contribution in [0.15, 0.2) is 24.3 Å². The third-order valence-corrected chi connectivity index (χ3v) is 8.27. The number of hydrogen-bond donors (Lipinski definition) is 11. The molecule has 1 aromatic rings. The molecule has 3 fully saturated rings. The third-order valence-electron chi connectivity index (χ3n) is 8.27. The molecule has 0 aromatic heterocycles. The molecule has 4 rings (SSSR count). The van der Waals surface area contributed by atoms with Crippen molar-refractivity contribution in [3.63, 3.8) is 0 Å². The molecule has 280 valence electrons. The molecule has 15 atom stereocenters. The lowest BCUT2D eigenvalue weighted by atomic mass is 9.94. The van der Waals surface area contributed by atoms with Crippen LogP contribution in [-0.4, -0.2) is 174 Å². The van der Waals surface area contributed by atoms with Gasteiger partial charge in [-0.2, -0.15) is 0 Å². The molecular formula is C29H48N4O16. The summed E-state index contributed by atoms with van der Waals surface area (Å²) in [4.78, 5) is 21.9. The van der Waals surface area contributed by atoms with Crippen molar-refractivity contribution in [3.8, 4) is 0 Å². The van der Waals surface area contributed by atoms with E-state index in [9.17, 15) is 40.2 Å². The summed E-state index contributed by atoms with van der Waals surface area (Å²) in [6.07, 6.45) is -15.1. The summed E-state index contributed by atoms with van der Waals surface area (Å²) in [5.74, 6) is -1.42. The Labute approximate surface area is 281 Å². The quantitative estimate of drug-likeness (QED) is 0.0957. The van der Waals surface area contributed by atoms with Crippen molar-refractivity contribution >= 4 is 17.6 Å². The number of aliphatic hydroxyl groups excluding tert-OH is 6. The Balaban J connectivity index is 0.000000555. The Morgan fingerprint density at radius 2 is 1.16 bits per heavy atom. The van der Waals surface area contributed by atoms with Gasteiger partial charge in [-0.15, -0.1) is 0 Å². The highest BCUT2D eigenvalue weighted by Gasteiger charge is 2.53. The third kappa shape index (κ3) is 9.78. The van der Waals surface area contributed by atoms with Crippen molar-refractivity contribution in [1.82, 2.24) is 5.32 Å². The summed E-state index contributed by atoms with van der Waals surface area (Å²) in [6, 6.07) is 2.49. The fraction of sp³-hybridized carbons (Fsp3) is 0.724. The molecule has 0 saturated carbocycles. The molecule has 0 radical (unpaired) electrons. The van der Waals surface area contributed by atoms with Gasteiger partial charge in [-0.25, -0.2) is 4.79 Å². The van der Waals surface area contributed by atoms with Crippen molar-refractivity contribution in [3.05, 3.63) is 29.8 Å². The number of aliphatic hydroxyl groups is 6. The van der Waals surface area contributed by atoms with Gasteiger partial charge in [-0.05, 0) is 24.3 Å². The number of ether oxygens (including phenoxy) is 7. The molecule has 3 heterocycles. The second-order valence-corrected chi connectivity index (χ2v) is 11.6. The smallest absolute Gasteiger partial charge is 0.335 e. The highest BCUT2D eigenvalue weighted by Crippen LogP contribution is 2.32. The van der Waals surface area contributed by atoms with Gasteiger partial charge >= 0.3 is 5.97 Å². The summed E-state index contributed by atoms with van der Waals surface area (Å²) in [5.41, 5.74) is 18.4. The first-order valence-corrected chi connectivity index (χ1v) is 15.3. The van der Waals surface area contributed by atoms with E-state index in [1.807, 2.05) is 0 Å². The molecule has 0 spiro atoms. The van der Waals surface area contributed by atoms with Crippen LogP contribution in [0.5, 0.6) is 0 Å². The van der Waals surface area contributed by atoms with Gasteiger partial charge in [0.25, 0.3) is 0 Å². The summed E-state index contributed by atoms with van der Waals surface area (Å²) in [5, 5.41) is 72.9. The number of amides is 1. The lowest BCUT2D eigenvalue weighted by Gasteiger charge is -2.49. The minimum Gasteiger partial charge on any atom is -0.478 e. The number of rotatable bonds is 11. The van der Waals surface area contributed by atoms with Gasteiger partial charge in [0.1, 0.15) is 61.0 Å². The SMILES string of the molecule is COC1C(CO)O[C@@H](OC2C(CO)OC(OC3C(CO)O[C@@H](OC)C(NC(C)=O)C3O)C(N)[C@H]2O)C(N)C1O.Nc1ccc(C(=O)O)cc1. The minimum atomic E-state index is -1.55. The summed E-state index contributed by atoms with van der Waals surface area (Å²) < 4.78 is 39.0. The predicted octanol–water partition coefficient (Wildman–Crippen LogP) is -5.22. The highest BCUT2D eigenvalue weighted by atomic mass is 16.7. The van der Waals surface area contributed by atoms with Crippen LogP contribution in [-0.2, 0) is 38.0 Å². The van der Waals surface area contributed by atoms with Crippen LogP contribution in [0.2, 0.25) is 0 Å². The number of nitrogens with two attached hydrogens (primary N) is 3. The van der Waals surface area contributed by atoms with Gasteiger partial charge in [0.05, 0.1) is 37.5 Å². The predicted molar refractivity (Wildman–Crippen MR) is 164 cm³/mol. The van der Waals surface area contributed by atoms with Crippen molar-refractivity contribution in [2.45, 2.75) is 98.9 Å². The molecule has 20 nitrogen and oxygen atoms in total. The Kier molecular flexibility index (Phi) is 15.4. The fourth-order valence-electron chi connectivity index (χ4n) is 5.64. The van der Waals surface area contributed by atoms with Gasteiger partial charge in [0, 0.05) is 26.8 Å². The Bertz CT molecular complexity index is 1180. The maximum Gasteiger partial charge on any atom is 0.335 e. The first kappa shape index (κ1) is 40.8. The van der Waals surface area contributed by atoms with E-state index < -0.39 is 124 Å². The Hall–Kier alpha value is -2.64. The van der Waals surface area contributed by atoms with Crippen LogP contribution in [0, 0.1) is 0 Å². The maximum atomic E-state index is 11.7. The van der Waals surface area contributed by atoms with Crippen LogP contribution < -0.4 is 22.5 Å². The Morgan fingerprint density at radius 1 is 0.735 bits per heavy atom. The average molecular weight is 709 g/mol. The summed E-state index contributed by atoms with van der Waals surface area (Å²) in [7, 11) is 2.61. The molecule has 14 N–H and O–H groups in total. The van der Waals surface area contributed by atoms with E-state index in [1.165, 1.54) is 33.3 Å². The van der Waals surface area contributed by atoms with E-state index in [2.05, 4.69) is 5.32 Å². The van der Waals surface area contributed by atoms with Gasteiger partial charge in [-0.3, -0.25) is 4.79 Å². The van der Waals surface area contributed by atoms with Gasteiger partial charge in [0.2, 0.25) is 5.91 Å². The molecule has 20 heteroatoms. The molecule has 3 aliphatic rings. The summed E-state index contributed by atoms with van der Waals surface area (Å²) >= 11 is 0. The highest BCUT2D eigenvalue weighted by molar-refractivity contribution is 5.87. The average Bonchev–Trinajstić information content (AvgIpc) is 3.08. The van der Waals surface area contributed by atoms with Crippen molar-refractivity contribution in [1.29, 1.82) is 0 Å². The van der Waals surface area contributed by atoms with E-state index in [0.29, 0.717) is 5.69 Å². The first-order chi connectivity index (χ1) is 23.2. The van der Waals surface area contributed by atoms with Crippen LogP contribution in [0.3, 0.4) is 0 Å². The van der Waals surface area contributed by atoms with Crippen LogP contribution >= 0.6 is 0 Å². The molecule has 0 bridgehead atoms. The number of benzene rings is 1. The van der Waals surface area contributed by atoms with Crippen molar-refractivity contribution in [2.75, 3.05) is 39.8 Å². The zero-order valence-corrected chi connectivity index (χ0v) is 27.1. The normalized spacial score (nSPS) is 39.4. The van der Waals surface area contributed by atoms with E-state index in [-0.39, 0.29) is 5.56 Å². The number of carboxylic acids is 1. The van der Waals surface area contributed by atoms with E-state index in [4.69, 9.17) is 55.5 Å². The van der Waals surface area contributed by atoms with Gasteiger partial charge in [0.15, 0.2) is 18.9 Å². The Morgan fingerprint density at radius 3 is 1.57 bits per heavy atom. The molecule has 12 unspecified atom stereocenters. The zero-order chi connectivity index (χ0) is 36.6. The van der Waals surface area contributed by atoms with Crippen LogP contribution in [0.25, 0.3) is 0 Å². The minimum absolute atomic E-state index is 0.259. The lowest BCUT2D eigenvalue weighted by molar-refractivity contribution is -0.350. The molecule has 1 amide bonds. The monoisotopic (exact) mass is 708 g/mol. The lowest BCUT2D eigenvalue weighted by Crippen LogP contribution is -2.70. The second kappa shape index (κ2) is 18.6. The molecule has 3 aliphatic heterocycles. The summed E-state index contributed by atoms with van der Waals surface area (Å²) in [6.45, 7) is -0.584. The number of nitrogen functional groups attached to an aromatic ring is 1. The first-order valence-electron chi connectivity index (χ1n) is 15.3. The van der Waals surface area contributed by atoms with Gasteiger partial charge in [-0.1, -0.05) is 0 Å². The van der Waals surface area contributed by atoms with E-state index in [1.54, 1.807) is 12.1 Å². The van der Waals surface area contributed by atoms with Crippen LogP contribution in [0.4, 0.5) is 5.69 Å². The van der Waals surface area contributed by atoms with E-state index >= 15 is 0 Å².